The Hall–Kier alpha value is -3.66. The van der Waals surface area contributed by atoms with Crippen LogP contribution >= 0.6 is 0 Å². The molecular formula is C24H25FN4O4S. The first-order valence-electron chi connectivity index (χ1n) is 10.7. The van der Waals surface area contributed by atoms with Gasteiger partial charge in [0, 0.05) is 37.6 Å². The molecule has 3 aromatic rings. The number of hydrogen-bond acceptors (Lipinski definition) is 6. The van der Waals surface area contributed by atoms with E-state index >= 15 is 0 Å². The van der Waals surface area contributed by atoms with Gasteiger partial charge in [0.05, 0.1) is 16.1 Å². The van der Waals surface area contributed by atoms with E-state index in [9.17, 15) is 22.7 Å². The normalized spacial score (nSPS) is 16.4. The Morgan fingerprint density at radius 3 is 2.59 bits per heavy atom. The number of halogens is 1. The molecular weight excluding hydrogens is 459 g/mol. The Kier molecular flexibility index (Phi) is 6.43. The average molecular weight is 485 g/mol. The lowest BCUT2D eigenvalue weighted by Crippen LogP contribution is -2.52. The molecule has 1 aliphatic heterocycles. The van der Waals surface area contributed by atoms with E-state index in [0.717, 1.165) is 23.4 Å². The van der Waals surface area contributed by atoms with Crippen molar-refractivity contribution in [1.82, 2.24) is 4.98 Å². The lowest BCUT2D eigenvalue weighted by Gasteiger charge is -2.42. The molecule has 0 radical (unpaired) electrons. The summed E-state index contributed by atoms with van der Waals surface area (Å²) in [6.45, 7) is 5.86. The van der Waals surface area contributed by atoms with E-state index in [1.807, 2.05) is 24.0 Å². The molecule has 0 bridgehead atoms. The van der Waals surface area contributed by atoms with E-state index in [1.54, 1.807) is 0 Å². The molecule has 8 nitrogen and oxygen atoms in total. The largest absolute Gasteiger partial charge is 0.478 e. The van der Waals surface area contributed by atoms with E-state index in [0.29, 0.717) is 25.5 Å². The van der Waals surface area contributed by atoms with Crippen LogP contribution in [0.3, 0.4) is 0 Å². The first-order valence-corrected chi connectivity index (χ1v) is 12.2. The number of aromatic carboxylic acids is 1. The van der Waals surface area contributed by atoms with Crippen LogP contribution in [0.4, 0.5) is 21.6 Å². The van der Waals surface area contributed by atoms with Gasteiger partial charge in [0.15, 0.2) is 5.82 Å². The van der Waals surface area contributed by atoms with Gasteiger partial charge in [0.2, 0.25) is 0 Å². The summed E-state index contributed by atoms with van der Waals surface area (Å²) in [4.78, 5) is 19.7. The summed E-state index contributed by atoms with van der Waals surface area (Å²) in [6.07, 6.45) is 1.20. The first kappa shape index (κ1) is 23.5. The number of piperazine rings is 1. The van der Waals surface area contributed by atoms with E-state index in [4.69, 9.17) is 0 Å². The third-order valence-corrected chi connectivity index (χ3v) is 7.09. The van der Waals surface area contributed by atoms with Crippen LogP contribution in [-0.4, -0.2) is 50.2 Å². The number of benzene rings is 2. The van der Waals surface area contributed by atoms with Gasteiger partial charge in [-0.15, -0.1) is 0 Å². The highest BCUT2D eigenvalue weighted by Gasteiger charge is 2.28. The Bertz CT molecular complexity index is 1330. The number of carboxylic acids is 1. The highest BCUT2D eigenvalue weighted by molar-refractivity contribution is 7.92. The fraction of sp³-hybridized carbons (Fsp3) is 0.250. The van der Waals surface area contributed by atoms with E-state index in [-0.39, 0.29) is 22.2 Å². The molecule has 2 heterocycles. The Morgan fingerprint density at radius 1 is 1.15 bits per heavy atom. The number of hydrogen-bond donors (Lipinski definition) is 2. The molecule has 1 saturated heterocycles. The van der Waals surface area contributed by atoms with Crippen molar-refractivity contribution in [2.75, 3.05) is 34.2 Å². The van der Waals surface area contributed by atoms with E-state index in [1.165, 1.54) is 24.4 Å². The Balaban J connectivity index is 1.64. The molecule has 0 saturated carbocycles. The number of aromatic nitrogens is 1. The van der Waals surface area contributed by atoms with Gasteiger partial charge in [0.25, 0.3) is 10.0 Å². The van der Waals surface area contributed by atoms with Crippen LogP contribution in [0.5, 0.6) is 0 Å². The zero-order chi connectivity index (χ0) is 24.5. The zero-order valence-electron chi connectivity index (χ0n) is 18.8. The molecule has 2 N–H and O–H groups in total. The summed E-state index contributed by atoms with van der Waals surface area (Å²) >= 11 is 0. The number of carbonyl (C=O) groups is 1. The molecule has 178 valence electrons. The molecule has 0 amide bonds. The zero-order valence-corrected chi connectivity index (χ0v) is 19.6. The van der Waals surface area contributed by atoms with Crippen LogP contribution in [0.2, 0.25) is 0 Å². The first-order chi connectivity index (χ1) is 16.1. The molecule has 1 atom stereocenters. The van der Waals surface area contributed by atoms with Crippen molar-refractivity contribution in [2.24, 2.45) is 0 Å². The third-order valence-electron chi connectivity index (χ3n) is 5.72. The average Bonchev–Trinajstić information content (AvgIpc) is 2.78. The number of aryl methyl sites for hydroxylation is 1. The van der Waals surface area contributed by atoms with Gasteiger partial charge in [-0.3, -0.25) is 4.72 Å². The minimum absolute atomic E-state index is 0.0281. The molecule has 0 aliphatic carbocycles. The molecule has 1 fully saturated rings. The second kappa shape index (κ2) is 9.30. The topological polar surface area (TPSA) is 103 Å². The molecule has 0 spiro atoms. The number of rotatable bonds is 6. The van der Waals surface area contributed by atoms with Gasteiger partial charge in [-0.2, -0.15) is 0 Å². The van der Waals surface area contributed by atoms with Crippen molar-refractivity contribution in [1.29, 1.82) is 0 Å². The summed E-state index contributed by atoms with van der Waals surface area (Å²) in [7, 11) is -4.17. The highest BCUT2D eigenvalue weighted by Crippen LogP contribution is 2.30. The minimum Gasteiger partial charge on any atom is -0.478 e. The summed E-state index contributed by atoms with van der Waals surface area (Å²) in [5, 5.41) is 9.40. The smallest absolute Gasteiger partial charge is 0.337 e. The van der Waals surface area contributed by atoms with Gasteiger partial charge in [-0.05, 0) is 55.8 Å². The molecule has 1 aliphatic rings. The lowest BCUT2D eigenvalue weighted by atomic mass is 10.1. The van der Waals surface area contributed by atoms with Gasteiger partial charge < -0.3 is 14.9 Å². The van der Waals surface area contributed by atoms with Crippen molar-refractivity contribution < 1.29 is 22.7 Å². The fourth-order valence-corrected chi connectivity index (χ4v) is 5.16. The summed E-state index contributed by atoms with van der Waals surface area (Å²) in [5.74, 6) is -1.61. The second-order valence-corrected chi connectivity index (χ2v) is 9.97. The van der Waals surface area contributed by atoms with Gasteiger partial charge in [-0.1, -0.05) is 18.2 Å². The summed E-state index contributed by atoms with van der Waals surface area (Å²) in [5.41, 5.74) is 2.13. The van der Waals surface area contributed by atoms with Crippen molar-refractivity contribution in [3.8, 4) is 0 Å². The van der Waals surface area contributed by atoms with E-state index < -0.39 is 21.8 Å². The van der Waals surface area contributed by atoms with Crippen LogP contribution in [0, 0.1) is 12.7 Å². The monoisotopic (exact) mass is 484 g/mol. The molecule has 1 unspecified atom stereocenters. The maximum atomic E-state index is 13.6. The van der Waals surface area contributed by atoms with Crippen LogP contribution < -0.4 is 14.5 Å². The van der Waals surface area contributed by atoms with Crippen molar-refractivity contribution in [3.63, 3.8) is 0 Å². The summed E-state index contributed by atoms with van der Waals surface area (Å²) in [6, 6.07) is 14.1. The molecule has 10 heteroatoms. The molecule has 1 aromatic heterocycles. The minimum atomic E-state index is -4.17. The van der Waals surface area contributed by atoms with Crippen molar-refractivity contribution in [3.05, 3.63) is 77.7 Å². The predicted octanol–water partition coefficient (Wildman–Crippen LogP) is 3.74. The number of anilines is 3. The summed E-state index contributed by atoms with van der Waals surface area (Å²) < 4.78 is 41.9. The number of carboxylic acid groups (broad SMARTS) is 1. The molecule has 34 heavy (non-hydrogen) atoms. The maximum absolute atomic E-state index is 13.6. The SMILES string of the molecule is Cc1cccc(N2CCN(c3ncc(C(=O)O)cc3NS(=O)(=O)c3cccc(F)c3)CC2C)c1. The quantitative estimate of drug-likeness (QED) is 0.549. The van der Waals surface area contributed by atoms with Crippen molar-refractivity contribution >= 4 is 33.2 Å². The maximum Gasteiger partial charge on any atom is 0.337 e. The number of nitrogens with one attached hydrogen (secondary N) is 1. The van der Waals surface area contributed by atoms with Crippen LogP contribution in [0.15, 0.2) is 65.7 Å². The number of sulfonamides is 1. The lowest BCUT2D eigenvalue weighted by molar-refractivity contribution is 0.0696. The standard InChI is InChI=1S/C24H25FN4O4S/c1-16-5-3-7-20(11-16)29-10-9-28(15-17(29)2)23-22(12-18(14-26-23)24(30)31)27-34(32,33)21-8-4-6-19(25)13-21/h3-8,11-14,17,27H,9-10,15H2,1-2H3,(H,30,31). The number of nitrogens with zero attached hydrogens (tertiary/aromatic N) is 3. The predicted molar refractivity (Wildman–Crippen MR) is 129 cm³/mol. The van der Waals surface area contributed by atoms with Gasteiger partial charge >= 0.3 is 5.97 Å². The highest BCUT2D eigenvalue weighted by atomic mass is 32.2. The molecule has 4 rings (SSSR count). The van der Waals surface area contributed by atoms with Gasteiger partial charge in [0.1, 0.15) is 5.82 Å². The fourth-order valence-electron chi connectivity index (χ4n) is 4.08. The van der Waals surface area contributed by atoms with Crippen LogP contribution in [0.25, 0.3) is 0 Å². The molecule has 2 aromatic carbocycles. The third kappa shape index (κ3) is 4.96. The second-order valence-electron chi connectivity index (χ2n) is 8.29. The Morgan fingerprint density at radius 2 is 1.91 bits per heavy atom. The van der Waals surface area contributed by atoms with Crippen LogP contribution in [-0.2, 0) is 10.0 Å². The van der Waals surface area contributed by atoms with Gasteiger partial charge in [-0.25, -0.2) is 22.6 Å². The van der Waals surface area contributed by atoms with Crippen molar-refractivity contribution in [2.45, 2.75) is 24.8 Å². The number of pyridine rings is 1. The Labute approximate surface area is 197 Å². The van der Waals surface area contributed by atoms with E-state index in [2.05, 4.69) is 33.7 Å². The van der Waals surface area contributed by atoms with Crippen LogP contribution in [0.1, 0.15) is 22.8 Å².